The second-order valence-corrected chi connectivity index (χ2v) is 5.32. The number of thiol groups is 1. The van der Waals surface area contributed by atoms with Crippen LogP contribution in [0.4, 0.5) is 0 Å². The number of hydrogen-bond acceptors (Lipinski definition) is 2. The number of rotatable bonds is 4. The Kier molecular flexibility index (Phi) is 4.08. The van der Waals surface area contributed by atoms with Crippen LogP contribution in [-0.4, -0.2) is 16.0 Å². The molecule has 1 saturated carbocycles. The third-order valence-corrected chi connectivity index (χ3v) is 3.84. The van der Waals surface area contributed by atoms with Gasteiger partial charge in [-0.1, -0.05) is 38.3 Å². The SMILES string of the molecule is C=C1C(S)CC(C)(O)C1CCCCC. The van der Waals surface area contributed by atoms with Crippen molar-refractivity contribution in [3.05, 3.63) is 12.2 Å². The van der Waals surface area contributed by atoms with Crippen molar-refractivity contribution in [3.8, 4) is 0 Å². The highest BCUT2D eigenvalue weighted by atomic mass is 32.1. The van der Waals surface area contributed by atoms with Gasteiger partial charge in [0.25, 0.3) is 0 Å². The van der Waals surface area contributed by atoms with Gasteiger partial charge in [0.1, 0.15) is 0 Å². The predicted octanol–water partition coefficient (Wildman–Crippen LogP) is 3.19. The van der Waals surface area contributed by atoms with Gasteiger partial charge in [0, 0.05) is 11.2 Å². The van der Waals surface area contributed by atoms with Gasteiger partial charge in [-0.05, 0) is 19.8 Å². The maximum absolute atomic E-state index is 10.2. The average molecular weight is 214 g/mol. The van der Waals surface area contributed by atoms with Crippen LogP contribution in [0.3, 0.4) is 0 Å². The summed E-state index contributed by atoms with van der Waals surface area (Å²) in [5.41, 5.74) is 0.562. The monoisotopic (exact) mass is 214 g/mol. The highest BCUT2D eigenvalue weighted by Crippen LogP contribution is 2.44. The standard InChI is InChI=1S/C12H22OS/c1-4-5-6-7-10-9(2)11(14)8-12(10,3)13/h10-11,13-14H,2,4-8H2,1,3H3. The van der Waals surface area contributed by atoms with Crippen molar-refractivity contribution in [1.29, 1.82) is 0 Å². The van der Waals surface area contributed by atoms with Gasteiger partial charge < -0.3 is 5.11 Å². The van der Waals surface area contributed by atoms with E-state index in [0.29, 0.717) is 0 Å². The molecule has 1 fully saturated rings. The second kappa shape index (κ2) is 4.71. The van der Waals surface area contributed by atoms with Crippen LogP contribution in [0.5, 0.6) is 0 Å². The Morgan fingerprint density at radius 3 is 2.64 bits per heavy atom. The molecule has 14 heavy (non-hydrogen) atoms. The first-order valence-electron chi connectivity index (χ1n) is 5.58. The van der Waals surface area contributed by atoms with Crippen molar-refractivity contribution < 1.29 is 5.11 Å². The molecule has 0 bridgehead atoms. The fraction of sp³-hybridized carbons (Fsp3) is 0.833. The first kappa shape index (κ1) is 12.1. The molecule has 0 spiro atoms. The summed E-state index contributed by atoms with van der Waals surface area (Å²) in [6, 6.07) is 0. The van der Waals surface area contributed by atoms with E-state index in [9.17, 15) is 5.11 Å². The summed E-state index contributed by atoms with van der Waals surface area (Å²) in [5, 5.41) is 10.4. The van der Waals surface area contributed by atoms with Gasteiger partial charge in [0.2, 0.25) is 0 Å². The van der Waals surface area contributed by atoms with Crippen LogP contribution >= 0.6 is 12.6 Å². The maximum atomic E-state index is 10.2. The minimum absolute atomic E-state index is 0.191. The molecule has 82 valence electrons. The lowest BCUT2D eigenvalue weighted by Crippen LogP contribution is -2.29. The van der Waals surface area contributed by atoms with Crippen molar-refractivity contribution in [3.63, 3.8) is 0 Å². The quantitative estimate of drug-likeness (QED) is 0.418. The lowest BCUT2D eigenvalue weighted by molar-refractivity contribution is 0.0254. The van der Waals surface area contributed by atoms with Crippen molar-refractivity contribution in [2.45, 2.75) is 56.8 Å². The normalized spacial score (nSPS) is 37.9. The molecule has 1 nitrogen and oxygen atoms in total. The van der Waals surface area contributed by atoms with Crippen LogP contribution in [0.1, 0.15) is 46.0 Å². The highest BCUT2D eigenvalue weighted by molar-refractivity contribution is 7.81. The van der Waals surface area contributed by atoms with Gasteiger partial charge >= 0.3 is 0 Å². The Morgan fingerprint density at radius 1 is 1.57 bits per heavy atom. The van der Waals surface area contributed by atoms with Crippen molar-refractivity contribution in [1.82, 2.24) is 0 Å². The van der Waals surface area contributed by atoms with E-state index in [0.717, 1.165) is 18.4 Å². The summed E-state index contributed by atoms with van der Waals surface area (Å²) in [6.45, 7) is 8.17. The van der Waals surface area contributed by atoms with Gasteiger partial charge in [-0.25, -0.2) is 0 Å². The fourth-order valence-electron chi connectivity index (χ4n) is 2.39. The first-order chi connectivity index (χ1) is 6.49. The fourth-order valence-corrected chi connectivity index (χ4v) is 2.94. The third kappa shape index (κ3) is 2.54. The number of unbranched alkanes of at least 4 members (excludes halogenated alkanes) is 2. The van der Waals surface area contributed by atoms with Crippen molar-refractivity contribution in [2.24, 2.45) is 5.92 Å². The van der Waals surface area contributed by atoms with Crippen LogP contribution in [0.2, 0.25) is 0 Å². The summed E-state index contributed by atoms with van der Waals surface area (Å²) >= 11 is 4.45. The third-order valence-electron chi connectivity index (χ3n) is 3.33. The van der Waals surface area contributed by atoms with E-state index in [1.165, 1.54) is 19.3 Å². The Balaban J connectivity index is 2.52. The smallest absolute Gasteiger partial charge is 0.0698 e. The molecule has 1 N–H and O–H groups in total. The molecule has 0 aliphatic heterocycles. The molecule has 1 aliphatic carbocycles. The highest BCUT2D eigenvalue weighted by Gasteiger charge is 2.43. The van der Waals surface area contributed by atoms with E-state index < -0.39 is 5.60 Å². The van der Waals surface area contributed by atoms with Gasteiger partial charge in [-0.3, -0.25) is 0 Å². The number of aliphatic hydroxyl groups is 1. The molecule has 0 aromatic rings. The number of hydrogen-bond donors (Lipinski definition) is 2. The molecule has 0 saturated heterocycles. The molecule has 3 unspecified atom stereocenters. The van der Waals surface area contributed by atoms with Gasteiger partial charge in [0.05, 0.1) is 5.60 Å². The lowest BCUT2D eigenvalue weighted by Gasteiger charge is -2.25. The minimum atomic E-state index is -0.572. The molecular formula is C12H22OS. The average Bonchev–Trinajstić information content (AvgIpc) is 2.27. The van der Waals surface area contributed by atoms with E-state index in [1.807, 2.05) is 6.92 Å². The summed E-state index contributed by atoms with van der Waals surface area (Å²) in [6.07, 6.45) is 5.49. The topological polar surface area (TPSA) is 20.2 Å². The van der Waals surface area contributed by atoms with Crippen LogP contribution in [0, 0.1) is 5.92 Å². The molecule has 0 radical (unpaired) electrons. The Bertz CT molecular complexity index is 210. The molecule has 0 aromatic carbocycles. The van der Waals surface area contributed by atoms with Crippen LogP contribution in [0.15, 0.2) is 12.2 Å². The van der Waals surface area contributed by atoms with Crippen LogP contribution in [-0.2, 0) is 0 Å². The van der Waals surface area contributed by atoms with E-state index in [-0.39, 0.29) is 11.2 Å². The van der Waals surface area contributed by atoms with Crippen LogP contribution < -0.4 is 0 Å². The summed E-state index contributed by atoms with van der Waals surface area (Å²) in [7, 11) is 0. The first-order valence-corrected chi connectivity index (χ1v) is 6.09. The zero-order valence-electron chi connectivity index (χ0n) is 9.29. The largest absolute Gasteiger partial charge is 0.390 e. The van der Waals surface area contributed by atoms with E-state index >= 15 is 0 Å². The summed E-state index contributed by atoms with van der Waals surface area (Å²) in [5.74, 6) is 0.261. The van der Waals surface area contributed by atoms with Gasteiger partial charge in [-0.15, -0.1) is 0 Å². The van der Waals surface area contributed by atoms with Gasteiger partial charge in [-0.2, -0.15) is 12.6 Å². The zero-order valence-corrected chi connectivity index (χ0v) is 10.2. The predicted molar refractivity (Wildman–Crippen MR) is 64.8 cm³/mol. The molecular weight excluding hydrogens is 192 g/mol. The second-order valence-electron chi connectivity index (χ2n) is 4.70. The molecule has 2 heteroatoms. The van der Waals surface area contributed by atoms with Crippen molar-refractivity contribution >= 4 is 12.6 Å². The molecule has 0 heterocycles. The van der Waals surface area contributed by atoms with Crippen LogP contribution in [0.25, 0.3) is 0 Å². The Morgan fingerprint density at radius 2 is 2.21 bits per heavy atom. The molecule has 3 atom stereocenters. The Hall–Kier alpha value is 0.0500. The van der Waals surface area contributed by atoms with E-state index in [2.05, 4.69) is 26.1 Å². The Labute approximate surface area is 93.0 Å². The minimum Gasteiger partial charge on any atom is -0.390 e. The zero-order chi connectivity index (χ0) is 10.8. The molecule has 1 aliphatic rings. The van der Waals surface area contributed by atoms with Crippen molar-refractivity contribution in [2.75, 3.05) is 0 Å². The van der Waals surface area contributed by atoms with E-state index in [4.69, 9.17) is 0 Å². The molecule has 0 aromatic heterocycles. The maximum Gasteiger partial charge on any atom is 0.0698 e. The lowest BCUT2D eigenvalue weighted by atomic mass is 9.86. The summed E-state index contributed by atoms with van der Waals surface area (Å²) in [4.78, 5) is 0. The van der Waals surface area contributed by atoms with Gasteiger partial charge in [0.15, 0.2) is 0 Å². The molecule has 1 rings (SSSR count). The van der Waals surface area contributed by atoms with E-state index in [1.54, 1.807) is 0 Å². The molecule has 0 amide bonds. The summed E-state index contributed by atoms with van der Waals surface area (Å²) < 4.78 is 0.